The number of fused-ring (bicyclic) bond motifs is 6. The van der Waals surface area contributed by atoms with Gasteiger partial charge in [-0.15, -0.1) is 11.3 Å². The van der Waals surface area contributed by atoms with E-state index in [9.17, 15) is 0 Å². The Bertz CT molecular complexity index is 2900. The highest BCUT2D eigenvalue weighted by Gasteiger charge is 2.45. The van der Waals surface area contributed by atoms with E-state index in [2.05, 4.69) is 211 Å². The zero-order valence-corrected chi connectivity index (χ0v) is 32.5. The predicted molar refractivity (Wildman–Crippen MR) is 243 cm³/mol. The third-order valence-corrected chi connectivity index (χ3v) is 13.5. The lowest BCUT2D eigenvalue weighted by molar-refractivity contribution is 0.722. The van der Waals surface area contributed by atoms with Crippen molar-refractivity contribution in [2.45, 2.75) is 30.7 Å². The van der Waals surface area contributed by atoms with Gasteiger partial charge in [0.1, 0.15) is 0 Å². The highest BCUT2D eigenvalue weighted by Crippen LogP contribution is 2.56. The third-order valence-electron chi connectivity index (χ3n) is 12.3. The summed E-state index contributed by atoms with van der Waals surface area (Å²) in [6.07, 6.45) is 17.1. The van der Waals surface area contributed by atoms with Crippen molar-refractivity contribution in [2.75, 3.05) is 4.90 Å². The van der Waals surface area contributed by atoms with Crippen LogP contribution >= 0.6 is 11.3 Å². The van der Waals surface area contributed by atoms with Gasteiger partial charge in [-0.1, -0.05) is 176 Å². The molecule has 3 aliphatic carbocycles. The molecule has 1 aromatic heterocycles. The zero-order valence-electron chi connectivity index (χ0n) is 31.7. The molecule has 7 aromatic carbocycles. The van der Waals surface area contributed by atoms with Gasteiger partial charge in [-0.2, -0.15) is 0 Å². The summed E-state index contributed by atoms with van der Waals surface area (Å²) in [4.78, 5) is 2.60. The van der Waals surface area contributed by atoms with Crippen molar-refractivity contribution in [3.05, 3.63) is 240 Å². The smallest absolute Gasteiger partial charge is 0.0713 e. The summed E-state index contributed by atoms with van der Waals surface area (Å²) in [7, 11) is 0. The van der Waals surface area contributed by atoms with Gasteiger partial charge in [0.05, 0.1) is 11.5 Å². The first-order valence-corrected chi connectivity index (χ1v) is 21.0. The maximum Gasteiger partial charge on any atom is 0.0713 e. The number of thiophene rings is 1. The number of hydrogen-bond donors (Lipinski definition) is 0. The summed E-state index contributed by atoms with van der Waals surface area (Å²) in [5, 5.41) is 2.66. The van der Waals surface area contributed by atoms with Gasteiger partial charge in [-0.25, -0.2) is 0 Å². The van der Waals surface area contributed by atoms with E-state index in [1.165, 1.54) is 87.2 Å². The molecule has 2 heteroatoms. The fourth-order valence-corrected chi connectivity index (χ4v) is 10.9. The molecule has 0 aliphatic heterocycles. The van der Waals surface area contributed by atoms with Crippen molar-refractivity contribution in [1.82, 2.24) is 0 Å². The minimum Gasteiger partial charge on any atom is -0.338 e. The molecular formula is C55H41NS. The lowest BCUT2D eigenvalue weighted by Gasteiger charge is -2.36. The molecule has 1 nitrogen and oxygen atoms in total. The molecule has 0 fully saturated rings. The van der Waals surface area contributed by atoms with Crippen LogP contribution in [0.25, 0.3) is 48.0 Å². The highest BCUT2D eigenvalue weighted by molar-refractivity contribution is 7.25. The van der Waals surface area contributed by atoms with Crippen LogP contribution in [0.5, 0.6) is 0 Å². The lowest BCUT2D eigenvalue weighted by Crippen LogP contribution is -2.34. The zero-order chi connectivity index (χ0) is 37.8. The van der Waals surface area contributed by atoms with Crippen molar-refractivity contribution in [2.24, 2.45) is 0 Å². The molecule has 0 N–H and O–H groups in total. The summed E-state index contributed by atoms with van der Waals surface area (Å²) in [6.45, 7) is 0. The average Bonchev–Trinajstić information content (AvgIpc) is 3.81. The van der Waals surface area contributed by atoms with Crippen molar-refractivity contribution in [1.29, 1.82) is 0 Å². The van der Waals surface area contributed by atoms with Crippen LogP contribution in [0.4, 0.5) is 5.69 Å². The molecule has 0 saturated heterocycles. The van der Waals surface area contributed by atoms with Crippen LogP contribution in [-0.4, -0.2) is 6.04 Å². The Labute approximate surface area is 338 Å². The van der Waals surface area contributed by atoms with Gasteiger partial charge in [0, 0.05) is 31.6 Å². The summed E-state index contributed by atoms with van der Waals surface area (Å²) < 4.78 is 2.67. The van der Waals surface area contributed by atoms with E-state index in [1.54, 1.807) is 0 Å². The third kappa shape index (κ3) is 5.58. The molecule has 8 aromatic rings. The van der Waals surface area contributed by atoms with E-state index in [4.69, 9.17) is 0 Å². The second kappa shape index (κ2) is 13.9. The summed E-state index contributed by atoms with van der Waals surface area (Å²) >= 11 is 1.90. The minimum absolute atomic E-state index is 0.218. The Morgan fingerprint density at radius 1 is 0.561 bits per heavy atom. The van der Waals surface area contributed by atoms with Gasteiger partial charge in [-0.05, 0) is 105 Å². The van der Waals surface area contributed by atoms with Crippen molar-refractivity contribution in [3.8, 4) is 22.3 Å². The van der Waals surface area contributed by atoms with E-state index in [1.807, 2.05) is 11.3 Å². The maximum absolute atomic E-state index is 2.60. The van der Waals surface area contributed by atoms with E-state index in [0.717, 1.165) is 19.3 Å². The van der Waals surface area contributed by atoms with E-state index in [0.29, 0.717) is 0 Å². The Hall–Kier alpha value is -6.48. The predicted octanol–water partition coefficient (Wildman–Crippen LogP) is 14.5. The van der Waals surface area contributed by atoms with Gasteiger partial charge in [0.15, 0.2) is 0 Å². The second-order valence-corrected chi connectivity index (χ2v) is 16.5. The maximum atomic E-state index is 2.60. The summed E-state index contributed by atoms with van der Waals surface area (Å²) in [6, 6.07) is 63.4. The quantitative estimate of drug-likeness (QED) is 0.157. The molecule has 0 saturated carbocycles. The molecular weight excluding hydrogens is 707 g/mol. The molecule has 11 rings (SSSR count). The Kier molecular flexibility index (Phi) is 8.26. The van der Waals surface area contributed by atoms with Gasteiger partial charge < -0.3 is 4.90 Å². The number of rotatable bonds is 7. The molecule has 272 valence electrons. The molecule has 1 atom stereocenters. The fourth-order valence-electron chi connectivity index (χ4n) is 9.75. The molecule has 0 bridgehead atoms. The van der Waals surface area contributed by atoms with Gasteiger partial charge in [0.2, 0.25) is 0 Å². The van der Waals surface area contributed by atoms with Crippen LogP contribution in [0, 0.1) is 0 Å². The number of anilines is 1. The standard InChI is InChI=1S/C55H41NS/c1-4-15-38(16-5-1)41-29-33-49-50-34-32-46(37-54(50)57-53(49)36-41)56(44-21-8-3-9-22-44)45-30-27-39(28-31-45)40-17-14-20-43(35-40)55(42-18-6-2-7-19-42)51-25-12-10-23-47(51)48-24-11-13-26-52(48)55/h1-8,10-21,23-30,32-37,45H,9,22,31H2. The number of benzene rings is 7. The number of hydrogen-bond acceptors (Lipinski definition) is 2. The highest BCUT2D eigenvalue weighted by atomic mass is 32.1. The van der Waals surface area contributed by atoms with Crippen molar-refractivity contribution >= 4 is 42.8 Å². The largest absolute Gasteiger partial charge is 0.338 e. The van der Waals surface area contributed by atoms with Crippen LogP contribution in [0.1, 0.15) is 47.1 Å². The van der Waals surface area contributed by atoms with Gasteiger partial charge in [-0.3, -0.25) is 0 Å². The topological polar surface area (TPSA) is 3.24 Å². The van der Waals surface area contributed by atoms with Crippen molar-refractivity contribution in [3.63, 3.8) is 0 Å². The molecule has 1 heterocycles. The normalized spacial score (nSPS) is 16.6. The molecule has 0 amide bonds. The SMILES string of the molecule is C1=CCCC(N(c2ccc3c(c2)sc2cc(-c4ccccc4)ccc23)C2C=CC(c3cccc(C4(c5ccccc5)c5ccccc5-c5ccccc54)c3)=CC2)=C1. The molecule has 0 radical (unpaired) electrons. The second-order valence-electron chi connectivity index (χ2n) is 15.5. The van der Waals surface area contributed by atoms with Crippen LogP contribution in [-0.2, 0) is 5.41 Å². The van der Waals surface area contributed by atoms with Gasteiger partial charge >= 0.3 is 0 Å². The molecule has 57 heavy (non-hydrogen) atoms. The molecule has 1 unspecified atom stereocenters. The van der Waals surface area contributed by atoms with E-state index < -0.39 is 5.41 Å². The minimum atomic E-state index is -0.405. The van der Waals surface area contributed by atoms with Gasteiger partial charge in [0.25, 0.3) is 0 Å². The number of nitrogens with zero attached hydrogens (tertiary/aromatic N) is 1. The molecule has 3 aliphatic rings. The summed E-state index contributed by atoms with van der Waals surface area (Å²) in [5.74, 6) is 0. The fraction of sp³-hybridized carbons (Fsp3) is 0.0909. The van der Waals surface area contributed by atoms with Crippen molar-refractivity contribution < 1.29 is 0 Å². The first-order valence-electron chi connectivity index (χ1n) is 20.2. The van der Waals surface area contributed by atoms with Crippen LogP contribution < -0.4 is 4.90 Å². The lowest BCUT2D eigenvalue weighted by atomic mass is 9.67. The Morgan fingerprint density at radius 2 is 1.23 bits per heavy atom. The Morgan fingerprint density at radius 3 is 1.95 bits per heavy atom. The average molecular weight is 748 g/mol. The first kappa shape index (κ1) is 33.8. The van der Waals surface area contributed by atoms with E-state index >= 15 is 0 Å². The number of allylic oxidation sites excluding steroid dienone is 6. The van der Waals surface area contributed by atoms with Crippen LogP contribution in [0.15, 0.2) is 212 Å². The van der Waals surface area contributed by atoms with Crippen LogP contribution in [0.3, 0.4) is 0 Å². The monoisotopic (exact) mass is 747 g/mol. The first-order chi connectivity index (χ1) is 28.3. The molecule has 0 spiro atoms. The van der Waals surface area contributed by atoms with E-state index in [-0.39, 0.29) is 6.04 Å². The van der Waals surface area contributed by atoms with Crippen LogP contribution in [0.2, 0.25) is 0 Å². The Balaban J connectivity index is 0.954. The summed E-state index contributed by atoms with van der Waals surface area (Å²) in [5.41, 5.74) is 15.2.